The van der Waals surface area contributed by atoms with E-state index in [0.717, 1.165) is 19.3 Å². The molecule has 0 bridgehead atoms. The summed E-state index contributed by atoms with van der Waals surface area (Å²) < 4.78 is 2.21. The van der Waals surface area contributed by atoms with E-state index in [1.807, 2.05) is 0 Å². The van der Waals surface area contributed by atoms with Gasteiger partial charge in [0.15, 0.2) is 0 Å². The Balaban J connectivity index is 2.25. The molecule has 1 aliphatic carbocycles. The number of aromatic nitrogens is 3. The highest BCUT2D eigenvalue weighted by atomic mass is 15.4. The van der Waals surface area contributed by atoms with Gasteiger partial charge in [-0.3, -0.25) is 0 Å². The molecule has 1 aromatic heterocycles. The van der Waals surface area contributed by atoms with Crippen LogP contribution in [0.15, 0.2) is 0 Å². The summed E-state index contributed by atoms with van der Waals surface area (Å²) >= 11 is 0. The molecule has 0 spiro atoms. The van der Waals surface area contributed by atoms with E-state index >= 15 is 0 Å². The molecule has 1 aliphatic rings. The molecule has 3 heteroatoms. The van der Waals surface area contributed by atoms with Crippen LogP contribution in [-0.2, 0) is 12.8 Å². The van der Waals surface area contributed by atoms with E-state index < -0.39 is 0 Å². The molecule has 0 fully saturated rings. The molecular weight excluding hydrogens is 198 g/mol. The van der Waals surface area contributed by atoms with Crippen molar-refractivity contribution in [1.29, 1.82) is 0 Å². The highest BCUT2D eigenvalue weighted by Crippen LogP contribution is 2.23. The van der Waals surface area contributed by atoms with Crippen molar-refractivity contribution in [1.82, 2.24) is 15.0 Å². The molecule has 0 aromatic carbocycles. The van der Waals surface area contributed by atoms with E-state index in [2.05, 4.69) is 28.8 Å². The van der Waals surface area contributed by atoms with Gasteiger partial charge in [0, 0.05) is 0 Å². The second-order valence-electron chi connectivity index (χ2n) is 4.81. The summed E-state index contributed by atoms with van der Waals surface area (Å²) in [6.45, 7) is 4.48. The summed E-state index contributed by atoms with van der Waals surface area (Å²) in [5, 5.41) is 8.78. The smallest absolute Gasteiger partial charge is 0.0859 e. The molecule has 0 amide bonds. The minimum Gasteiger partial charge on any atom is -0.246 e. The molecule has 1 heterocycles. The molecule has 0 N–H and O–H groups in total. The molecule has 0 radical (unpaired) electrons. The van der Waals surface area contributed by atoms with Crippen LogP contribution in [0.25, 0.3) is 0 Å². The predicted octanol–water partition coefficient (Wildman–Crippen LogP) is 3.30. The lowest BCUT2D eigenvalue weighted by Crippen LogP contribution is -2.13. The zero-order chi connectivity index (χ0) is 11.4. The van der Waals surface area contributed by atoms with Crippen molar-refractivity contribution in [2.45, 2.75) is 71.3 Å². The molecule has 1 aromatic rings. The van der Waals surface area contributed by atoms with E-state index in [4.69, 9.17) is 0 Å². The Hall–Kier alpha value is -0.860. The van der Waals surface area contributed by atoms with E-state index in [1.165, 1.54) is 43.5 Å². The van der Waals surface area contributed by atoms with Crippen LogP contribution in [0, 0.1) is 0 Å². The van der Waals surface area contributed by atoms with Gasteiger partial charge in [-0.1, -0.05) is 31.9 Å². The Bertz CT molecular complexity index is 326. The summed E-state index contributed by atoms with van der Waals surface area (Å²) in [4.78, 5) is 0. The van der Waals surface area contributed by atoms with E-state index in [-0.39, 0.29) is 0 Å². The fraction of sp³-hybridized carbons (Fsp3) is 0.846. The Morgan fingerprint density at radius 2 is 1.75 bits per heavy atom. The quantitative estimate of drug-likeness (QED) is 0.784. The van der Waals surface area contributed by atoms with Gasteiger partial charge in [-0.05, 0) is 38.5 Å². The van der Waals surface area contributed by atoms with Gasteiger partial charge in [-0.25, -0.2) is 4.68 Å². The molecule has 0 unspecified atom stereocenters. The molecule has 16 heavy (non-hydrogen) atoms. The number of hydrogen-bond donors (Lipinski definition) is 0. The first kappa shape index (κ1) is 11.6. The van der Waals surface area contributed by atoms with Crippen molar-refractivity contribution in [3.05, 3.63) is 11.4 Å². The van der Waals surface area contributed by atoms with Crippen molar-refractivity contribution in [2.75, 3.05) is 0 Å². The average Bonchev–Trinajstić information content (AvgIpc) is 2.62. The van der Waals surface area contributed by atoms with Crippen LogP contribution >= 0.6 is 0 Å². The van der Waals surface area contributed by atoms with Crippen LogP contribution in [0.5, 0.6) is 0 Å². The minimum absolute atomic E-state index is 0.552. The summed E-state index contributed by atoms with van der Waals surface area (Å²) in [5.41, 5.74) is 2.69. The van der Waals surface area contributed by atoms with Crippen LogP contribution in [0.2, 0.25) is 0 Å². The third kappa shape index (κ3) is 2.28. The Labute approximate surface area is 98.2 Å². The van der Waals surface area contributed by atoms with Crippen LogP contribution in [-0.4, -0.2) is 15.0 Å². The van der Waals surface area contributed by atoms with Gasteiger partial charge in [-0.2, -0.15) is 0 Å². The normalized spacial score (nSPS) is 16.9. The van der Waals surface area contributed by atoms with Crippen LogP contribution in [0.3, 0.4) is 0 Å². The van der Waals surface area contributed by atoms with Gasteiger partial charge >= 0.3 is 0 Å². The third-order valence-electron chi connectivity index (χ3n) is 3.74. The Morgan fingerprint density at radius 3 is 2.44 bits per heavy atom. The number of hydrogen-bond acceptors (Lipinski definition) is 2. The van der Waals surface area contributed by atoms with Gasteiger partial charge in [0.05, 0.1) is 17.4 Å². The highest BCUT2D eigenvalue weighted by molar-refractivity contribution is 5.12. The van der Waals surface area contributed by atoms with Crippen molar-refractivity contribution < 1.29 is 0 Å². The van der Waals surface area contributed by atoms with Crippen molar-refractivity contribution >= 4 is 0 Å². The summed E-state index contributed by atoms with van der Waals surface area (Å²) in [6.07, 6.45) is 9.95. The van der Waals surface area contributed by atoms with Crippen molar-refractivity contribution in [3.63, 3.8) is 0 Å². The van der Waals surface area contributed by atoms with Crippen LogP contribution in [0.4, 0.5) is 0 Å². The standard InChI is InChI=1S/C13H23N3/c1-3-11(4-2)16-13-10-8-6-5-7-9-12(13)14-15-16/h11H,3-10H2,1-2H3. The van der Waals surface area contributed by atoms with E-state index in [9.17, 15) is 0 Å². The van der Waals surface area contributed by atoms with Crippen molar-refractivity contribution in [3.8, 4) is 0 Å². The van der Waals surface area contributed by atoms with Crippen LogP contribution in [0.1, 0.15) is 69.8 Å². The molecule has 90 valence electrons. The van der Waals surface area contributed by atoms with E-state index in [0.29, 0.717) is 6.04 Å². The monoisotopic (exact) mass is 221 g/mol. The second-order valence-corrected chi connectivity index (χ2v) is 4.81. The summed E-state index contributed by atoms with van der Waals surface area (Å²) in [7, 11) is 0. The van der Waals surface area contributed by atoms with Gasteiger partial charge in [-0.15, -0.1) is 5.10 Å². The molecule has 0 aliphatic heterocycles. The van der Waals surface area contributed by atoms with Gasteiger partial charge < -0.3 is 0 Å². The lowest BCUT2D eigenvalue weighted by atomic mass is 10.0. The van der Waals surface area contributed by atoms with Gasteiger partial charge in [0.1, 0.15) is 0 Å². The largest absolute Gasteiger partial charge is 0.246 e. The maximum Gasteiger partial charge on any atom is 0.0859 e. The third-order valence-corrected chi connectivity index (χ3v) is 3.74. The first-order chi connectivity index (χ1) is 7.86. The zero-order valence-corrected chi connectivity index (χ0v) is 10.6. The summed E-state index contributed by atoms with van der Waals surface area (Å²) in [6, 6.07) is 0.552. The van der Waals surface area contributed by atoms with Gasteiger partial charge in [0.25, 0.3) is 0 Å². The maximum absolute atomic E-state index is 4.39. The molecule has 0 saturated heterocycles. The number of rotatable bonds is 3. The highest BCUT2D eigenvalue weighted by Gasteiger charge is 2.18. The van der Waals surface area contributed by atoms with Crippen molar-refractivity contribution in [2.24, 2.45) is 0 Å². The zero-order valence-electron chi connectivity index (χ0n) is 10.6. The SMILES string of the molecule is CCC(CC)n1nnc2c1CCCCCC2. The maximum atomic E-state index is 4.39. The molecule has 3 nitrogen and oxygen atoms in total. The first-order valence-electron chi connectivity index (χ1n) is 6.79. The molecule has 2 rings (SSSR count). The lowest BCUT2D eigenvalue weighted by Gasteiger charge is -2.17. The predicted molar refractivity (Wildman–Crippen MR) is 65.5 cm³/mol. The Morgan fingerprint density at radius 1 is 1.06 bits per heavy atom. The Kier molecular flexibility index (Phi) is 3.97. The first-order valence-corrected chi connectivity index (χ1v) is 6.79. The fourth-order valence-corrected chi connectivity index (χ4v) is 2.67. The van der Waals surface area contributed by atoms with Gasteiger partial charge in [0.2, 0.25) is 0 Å². The minimum atomic E-state index is 0.552. The second kappa shape index (κ2) is 5.46. The number of nitrogens with zero attached hydrogens (tertiary/aromatic N) is 3. The average molecular weight is 221 g/mol. The number of aryl methyl sites for hydroxylation is 1. The fourth-order valence-electron chi connectivity index (χ4n) is 2.67. The number of fused-ring (bicyclic) bond motifs is 1. The van der Waals surface area contributed by atoms with Crippen LogP contribution < -0.4 is 0 Å². The lowest BCUT2D eigenvalue weighted by molar-refractivity contribution is 0.402. The van der Waals surface area contributed by atoms with E-state index in [1.54, 1.807) is 0 Å². The topological polar surface area (TPSA) is 30.7 Å². The summed E-state index contributed by atoms with van der Waals surface area (Å²) in [5.74, 6) is 0. The molecule has 0 atom stereocenters. The molecule has 0 saturated carbocycles. The molecular formula is C13H23N3.